The van der Waals surface area contributed by atoms with Crippen LogP contribution in [0.1, 0.15) is 25.1 Å². The molecule has 1 aromatic rings. The number of ether oxygens (including phenoxy) is 1. The van der Waals surface area contributed by atoms with Gasteiger partial charge in [0.25, 0.3) is 0 Å². The second-order valence-electron chi connectivity index (χ2n) is 3.71. The average Bonchev–Trinajstić information content (AvgIpc) is 2.57. The molecule has 1 aromatic heterocycles. The fourth-order valence-corrected chi connectivity index (χ4v) is 2.56. The molecule has 0 aliphatic carbocycles. The Labute approximate surface area is 104 Å². The number of nitrogens with one attached hydrogen (secondary N) is 1. The molecule has 0 aromatic carbocycles. The molecule has 0 saturated heterocycles. The van der Waals surface area contributed by atoms with Crippen molar-refractivity contribution in [3.8, 4) is 0 Å². The third-order valence-electron chi connectivity index (χ3n) is 1.94. The van der Waals surface area contributed by atoms with Crippen molar-refractivity contribution in [2.75, 3.05) is 13.2 Å². The topological polar surface area (TPSA) is 21.3 Å². The first-order valence-electron chi connectivity index (χ1n) is 5.23. The fourth-order valence-electron chi connectivity index (χ4n) is 1.16. The van der Waals surface area contributed by atoms with E-state index < -0.39 is 0 Å². The zero-order chi connectivity index (χ0) is 11.1. The van der Waals surface area contributed by atoms with E-state index in [1.807, 2.05) is 0 Å². The van der Waals surface area contributed by atoms with Crippen molar-refractivity contribution < 1.29 is 4.74 Å². The lowest BCUT2D eigenvalue weighted by atomic mass is 10.3. The molecule has 0 bridgehead atoms. The first kappa shape index (κ1) is 13.2. The average molecular weight is 292 g/mol. The van der Waals surface area contributed by atoms with E-state index in [2.05, 4.69) is 46.5 Å². The standard InChI is InChI=1S/C11H18BrNOS/c1-9(2)13-5-3-6-14-8-11-10(12)4-7-15-11/h4,7,9,13H,3,5-6,8H2,1-2H3. The second-order valence-corrected chi connectivity index (χ2v) is 5.56. The van der Waals surface area contributed by atoms with E-state index in [1.165, 1.54) is 4.88 Å². The van der Waals surface area contributed by atoms with Crippen LogP contribution in [-0.2, 0) is 11.3 Å². The van der Waals surface area contributed by atoms with E-state index in [1.54, 1.807) is 11.3 Å². The van der Waals surface area contributed by atoms with Crippen LogP contribution in [-0.4, -0.2) is 19.2 Å². The molecule has 0 radical (unpaired) electrons. The van der Waals surface area contributed by atoms with Crippen molar-refractivity contribution in [3.05, 3.63) is 20.8 Å². The Kier molecular flexibility index (Phi) is 6.48. The largest absolute Gasteiger partial charge is 0.376 e. The van der Waals surface area contributed by atoms with Crippen LogP contribution >= 0.6 is 27.3 Å². The van der Waals surface area contributed by atoms with Gasteiger partial charge < -0.3 is 10.1 Å². The van der Waals surface area contributed by atoms with Gasteiger partial charge in [-0.05, 0) is 40.3 Å². The Hall–Kier alpha value is 0.100. The van der Waals surface area contributed by atoms with E-state index in [-0.39, 0.29) is 0 Å². The molecule has 0 amide bonds. The molecule has 86 valence electrons. The quantitative estimate of drug-likeness (QED) is 0.778. The van der Waals surface area contributed by atoms with Crippen LogP contribution < -0.4 is 5.32 Å². The van der Waals surface area contributed by atoms with E-state index in [0.29, 0.717) is 6.04 Å². The van der Waals surface area contributed by atoms with Gasteiger partial charge in [-0.1, -0.05) is 13.8 Å². The van der Waals surface area contributed by atoms with Crippen molar-refractivity contribution in [1.29, 1.82) is 0 Å². The molecule has 0 unspecified atom stereocenters. The van der Waals surface area contributed by atoms with E-state index >= 15 is 0 Å². The highest BCUT2D eigenvalue weighted by molar-refractivity contribution is 9.10. The van der Waals surface area contributed by atoms with Gasteiger partial charge in [0.05, 0.1) is 6.61 Å². The Morgan fingerprint density at radius 1 is 1.53 bits per heavy atom. The maximum atomic E-state index is 5.58. The van der Waals surface area contributed by atoms with Crippen molar-refractivity contribution in [2.24, 2.45) is 0 Å². The van der Waals surface area contributed by atoms with Gasteiger partial charge in [0.2, 0.25) is 0 Å². The summed E-state index contributed by atoms with van der Waals surface area (Å²) in [5.74, 6) is 0. The monoisotopic (exact) mass is 291 g/mol. The van der Waals surface area contributed by atoms with E-state index in [0.717, 1.165) is 30.7 Å². The van der Waals surface area contributed by atoms with Crippen LogP contribution in [0.4, 0.5) is 0 Å². The van der Waals surface area contributed by atoms with Gasteiger partial charge >= 0.3 is 0 Å². The van der Waals surface area contributed by atoms with Crippen LogP contribution in [0.3, 0.4) is 0 Å². The molecule has 0 saturated carbocycles. The van der Waals surface area contributed by atoms with E-state index in [4.69, 9.17) is 4.74 Å². The number of rotatable bonds is 7. The summed E-state index contributed by atoms with van der Waals surface area (Å²) < 4.78 is 6.74. The Bertz CT molecular complexity index is 275. The Morgan fingerprint density at radius 2 is 2.33 bits per heavy atom. The minimum Gasteiger partial charge on any atom is -0.376 e. The van der Waals surface area contributed by atoms with Crippen molar-refractivity contribution in [1.82, 2.24) is 5.32 Å². The highest BCUT2D eigenvalue weighted by atomic mass is 79.9. The van der Waals surface area contributed by atoms with Crippen LogP contribution in [0.2, 0.25) is 0 Å². The van der Waals surface area contributed by atoms with Gasteiger partial charge in [-0.15, -0.1) is 11.3 Å². The molecule has 1 heterocycles. The fraction of sp³-hybridized carbons (Fsp3) is 0.636. The molecule has 2 nitrogen and oxygen atoms in total. The summed E-state index contributed by atoms with van der Waals surface area (Å²) in [7, 11) is 0. The molecule has 0 spiro atoms. The van der Waals surface area contributed by atoms with Crippen molar-refractivity contribution in [2.45, 2.75) is 32.9 Å². The van der Waals surface area contributed by atoms with Gasteiger partial charge in [0.1, 0.15) is 0 Å². The SMILES string of the molecule is CC(C)NCCCOCc1sccc1Br. The van der Waals surface area contributed by atoms with Gasteiger partial charge in [-0.3, -0.25) is 0 Å². The predicted molar refractivity (Wildman–Crippen MR) is 69.4 cm³/mol. The third kappa shape index (κ3) is 5.66. The number of halogens is 1. The summed E-state index contributed by atoms with van der Waals surface area (Å²) in [6.45, 7) is 6.89. The summed E-state index contributed by atoms with van der Waals surface area (Å²) in [5, 5.41) is 5.44. The lowest BCUT2D eigenvalue weighted by Gasteiger charge is -2.07. The third-order valence-corrected chi connectivity index (χ3v) is 3.84. The highest BCUT2D eigenvalue weighted by Crippen LogP contribution is 2.23. The molecule has 1 N–H and O–H groups in total. The first-order chi connectivity index (χ1) is 7.20. The van der Waals surface area contributed by atoms with Crippen LogP contribution in [0.15, 0.2) is 15.9 Å². The molecule has 1 rings (SSSR count). The Balaban J connectivity index is 2.00. The summed E-state index contributed by atoms with van der Waals surface area (Å²) in [6, 6.07) is 2.63. The maximum Gasteiger partial charge on any atom is 0.0820 e. The number of thiophene rings is 1. The number of hydrogen-bond donors (Lipinski definition) is 1. The summed E-state index contributed by atoms with van der Waals surface area (Å²) in [5.41, 5.74) is 0. The summed E-state index contributed by atoms with van der Waals surface area (Å²) >= 11 is 5.22. The first-order valence-corrected chi connectivity index (χ1v) is 6.90. The summed E-state index contributed by atoms with van der Waals surface area (Å²) in [6.07, 6.45) is 1.07. The highest BCUT2D eigenvalue weighted by Gasteiger charge is 2.00. The normalized spacial score (nSPS) is 11.2. The zero-order valence-corrected chi connectivity index (χ0v) is 11.7. The van der Waals surface area contributed by atoms with Crippen molar-refractivity contribution in [3.63, 3.8) is 0 Å². The van der Waals surface area contributed by atoms with Gasteiger partial charge in [0, 0.05) is 22.0 Å². The van der Waals surface area contributed by atoms with Crippen LogP contribution in [0, 0.1) is 0 Å². The molecule has 4 heteroatoms. The predicted octanol–water partition coefficient (Wildman–Crippen LogP) is 3.42. The van der Waals surface area contributed by atoms with Gasteiger partial charge in [-0.2, -0.15) is 0 Å². The smallest absolute Gasteiger partial charge is 0.0820 e. The zero-order valence-electron chi connectivity index (χ0n) is 9.25. The number of hydrogen-bond acceptors (Lipinski definition) is 3. The molecule has 0 aliphatic rings. The minimum absolute atomic E-state index is 0.566. The molecule has 0 aliphatic heterocycles. The van der Waals surface area contributed by atoms with Gasteiger partial charge in [0.15, 0.2) is 0 Å². The molecular formula is C11H18BrNOS. The Morgan fingerprint density at radius 3 is 2.93 bits per heavy atom. The van der Waals surface area contributed by atoms with Crippen LogP contribution in [0.5, 0.6) is 0 Å². The molecular weight excluding hydrogens is 274 g/mol. The van der Waals surface area contributed by atoms with Gasteiger partial charge in [-0.25, -0.2) is 0 Å². The maximum absolute atomic E-state index is 5.58. The molecule has 0 fully saturated rings. The molecule has 0 atom stereocenters. The second kappa shape index (κ2) is 7.39. The minimum atomic E-state index is 0.566. The van der Waals surface area contributed by atoms with Crippen molar-refractivity contribution >= 4 is 27.3 Å². The summed E-state index contributed by atoms with van der Waals surface area (Å²) in [4.78, 5) is 1.27. The van der Waals surface area contributed by atoms with E-state index in [9.17, 15) is 0 Å². The lowest BCUT2D eigenvalue weighted by molar-refractivity contribution is 0.120. The van der Waals surface area contributed by atoms with Crippen LogP contribution in [0.25, 0.3) is 0 Å². The molecule has 15 heavy (non-hydrogen) atoms. The lowest BCUT2D eigenvalue weighted by Crippen LogP contribution is -2.24.